The molecule has 0 fully saturated rings. The Labute approximate surface area is 58.3 Å². The molecule has 0 amide bonds. The first kappa shape index (κ1) is 9.68. The van der Waals surface area contributed by atoms with E-state index in [1.165, 1.54) is 0 Å². The third kappa shape index (κ3) is 7.68. The van der Waals surface area contributed by atoms with Gasteiger partial charge in [0.25, 0.3) is 0 Å². The second-order valence-corrected chi connectivity index (χ2v) is 1.92. The van der Waals surface area contributed by atoms with Gasteiger partial charge in [-0.25, -0.2) is 0 Å². The molecule has 10 heavy (non-hydrogen) atoms. The molecular weight excluding hydrogens is 178 g/mol. The van der Waals surface area contributed by atoms with Crippen molar-refractivity contribution in [2.75, 3.05) is 0 Å². The Morgan fingerprint density at radius 3 is 1.40 bits per heavy atom. The Bertz CT molecular complexity index is 114. The van der Waals surface area contributed by atoms with Crippen LogP contribution in [-0.4, -0.2) is 11.6 Å². The molecule has 0 N–H and O–H groups in total. The first-order chi connectivity index (χ1) is 4.21. The van der Waals surface area contributed by atoms with Gasteiger partial charge < -0.3 is 0 Å². The van der Waals surface area contributed by atoms with E-state index >= 15 is 0 Å². The molecule has 0 saturated heterocycles. The predicted molar refractivity (Wildman–Crippen MR) is 26.0 cm³/mol. The third-order valence-corrected chi connectivity index (χ3v) is 0.587. The fraction of sp³-hybridized carbons (Fsp3) is 0.500. The van der Waals surface area contributed by atoms with Crippen molar-refractivity contribution in [3.8, 4) is 0 Å². The van der Waals surface area contributed by atoms with E-state index in [2.05, 4.69) is 11.6 Å². The van der Waals surface area contributed by atoms with E-state index in [9.17, 15) is 22.0 Å². The molecule has 0 atom stereocenters. The maximum atomic E-state index is 11.4. The SMILES string of the molecule is FC(F)(F)/C=C\C(F)(F)Cl. The van der Waals surface area contributed by atoms with Crippen LogP contribution in [0.3, 0.4) is 0 Å². The molecule has 0 spiro atoms. The topological polar surface area (TPSA) is 0 Å². The molecule has 0 heterocycles. The Morgan fingerprint density at radius 1 is 0.900 bits per heavy atom. The van der Waals surface area contributed by atoms with E-state index in [4.69, 9.17) is 0 Å². The van der Waals surface area contributed by atoms with Crippen LogP contribution in [-0.2, 0) is 0 Å². The number of hydrogen-bond acceptors (Lipinski definition) is 0. The van der Waals surface area contributed by atoms with Gasteiger partial charge in [-0.3, -0.25) is 0 Å². The average Bonchev–Trinajstić information content (AvgIpc) is 1.57. The zero-order valence-corrected chi connectivity index (χ0v) is 5.18. The first-order valence-electron chi connectivity index (χ1n) is 2.04. The van der Waals surface area contributed by atoms with Gasteiger partial charge in [0.2, 0.25) is 0 Å². The minimum absolute atomic E-state index is 0.422. The number of alkyl halides is 6. The van der Waals surface area contributed by atoms with Gasteiger partial charge in [0.1, 0.15) is 0 Å². The van der Waals surface area contributed by atoms with E-state index < -0.39 is 23.7 Å². The lowest BCUT2D eigenvalue weighted by Crippen LogP contribution is -2.06. The molecule has 0 saturated carbocycles. The standard InChI is InChI=1S/C4H2ClF5/c5-3(6,7)1-2-4(8,9)10/h1-2H/b2-1-. The molecule has 0 nitrogen and oxygen atoms in total. The second-order valence-electron chi connectivity index (χ2n) is 1.42. The largest absolute Gasteiger partial charge is 0.409 e. The highest BCUT2D eigenvalue weighted by molar-refractivity contribution is 6.22. The lowest BCUT2D eigenvalue weighted by atomic mass is 10.5. The predicted octanol–water partition coefficient (Wildman–Crippen LogP) is 2.94. The van der Waals surface area contributed by atoms with E-state index in [0.717, 1.165) is 0 Å². The van der Waals surface area contributed by atoms with Crippen LogP contribution >= 0.6 is 11.6 Å². The van der Waals surface area contributed by atoms with Gasteiger partial charge in [-0.1, -0.05) is 0 Å². The van der Waals surface area contributed by atoms with Crippen molar-refractivity contribution in [1.29, 1.82) is 0 Å². The summed E-state index contributed by atoms with van der Waals surface area (Å²) < 4.78 is 56.2. The normalized spacial score (nSPS) is 14.6. The van der Waals surface area contributed by atoms with E-state index in [1.54, 1.807) is 0 Å². The van der Waals surface area contributed by atoms with Gasteiger partial charge >= 0.3 is 11.6 Å². The van der Waals surface area contributed by atoms with Crippen molar-refractivity contribution in [3.05, 3.63) is 12.2 Å². The van der Waals surface area contributed by atoms with Crippen molar-refractivity contribution < 1.29 is 22.0 Å². The summed E-state index contributed by atoms with van der Waals surface area (Å²) in [4.78, 5) is 0. The second kappa shape index (κ2) is 2.74. The molecule has 0 rings (SSSR count). The molecule has 0 aliphatic rings. The van der Waals surface area contributed by atoms with Crippen molar-refractivity contribution in [1.82, 2.24) is 0 Å². The maximum absolute atomic E-state index is 11.4. The minimum atomic E-state index is -4.74. The van der Waals surface area contributed by atoms with Crippen molar-refractivity contribution in [2.24, 2.45) is 0 Å². The van der Waals surface area contributed by atoms with Gasteiger partial charge in [-0.15, -0.1) is 0 Å². The smallest absolute Gasteiger partial charge is 0.184 e. The Hall–Kier alpha value is -0.320. The molecular formula is C4H2ClF5. The monoisotopic (exact) mass is 180 g/mol. The van der Waals surface area contributed by atoms with Crippen molar-refractivity contribution in [3.63, 3.8) is 0 Å². The van der Waals surface area contributed by atoms with Crippen LogP contribution in [0.2, 0.25) is 0 Å². The average molecular weight is 181 g/mol. The molecule has 0 aromatic heterocycles. The van der Waals surface area contributed by atoms with Gasteiger partial charge in [0.05, 0.1) is 0 Å². The highest BCUT2D eigenvalue weighted by atomic mass is 35.5. The molecule has 0 aliphatic carbocycles. The highest BCUT2D eigenvalue weighted by Gasteiger charge is 2.27. The van der Waals surface area contributed by atoms with Crippen LogP contribution in [0.15, 0.2) is 12.2 Å². The van der Waals surface area contributed by atoms with E-state index in [1.807, 2.05) is 0 Å². The fourth-order valence-corrected chi connectivity index (χ4v) is 0.252. The van der Waals surface area contributed by atoms with Crippen molar-refractivity contribution >= 4 is 11.6 Å². The number of rotatable bonds is 1. The summed E-state index contributed by atoms with van der Waals surface area (Å²) in [6, 6.07) is 0. The van der Waals surface area contributed by atoms with E-state index in [0.29, 0.717) is 0 Å². The number of halogens is 6. The lowest BCUT2D eigenvalue weighted by molar-refractivity contribution is -0.0810. The maximum Gasteiger partial charge on any atom is 0.409 e. The Morgan fingerprint density at radius 2 is 1.30 bits per heavy atom. The number of allylic oxidation sites excluding steroid dienone is 2. The van der Waals surface area contributed by atoms with Crippen LogP contribution in [0.5, 0.6) is 0 Å². The Balaban J connectivity index is 4.01. The number of hydrogen-bond donors (Lipinski definition) is 0. The molecule has 6 heteroatoms. The van der Waals surface area contributed by atoms with Crippen LogP contribution < -0.4 is 0 Å². The summed E-state index contributed by atoms with van der Waals surface area (Å²) in [7, 11) is 0. The van der Waals surface area contributed by atoms with Crippen LogP contribution in [0, 0.1) is 0 Å². The lowest BCUT2D eigenvalue weighted by Gasteiger charge is -2.01. The van der Waals surface area contributed by atoms with Crippen molar-refractivity contribution in [2.45, 2.75) is 11.6 Å². The summed E-state index contributed by atoms with van der Waals surface area (Å²) >= 11 is 4.12. The molecule has 60 valence electrons. The molecule has 0 aromatic carbocycles. The van der Waals surface area contributed by atoms with Crippen LogP contribution in [0.4, 0.5) is 22.0 Å². The molecule has 0 bridgehead atoms. The summed E-state index contributed by atoms with van der Waals surface area (Å²) in [6.07, 6.45) is -5.77. The third-order valence-electron chi connectivity index (χ3n) is 0.461. The zero-order valence-electron chi connectivity index (χ0n) is 4.42. The summed E-state index contributed by atoms with van der Waals surface area (Å²) in [5.41, 5.74) is 0. The zero-order chi connectivity index (χ0) is 8.41. The summed E-state index contributed by atoms with van der Waals surface area (Å²) in [5.74, 6) is 0. The van der Waals surface area contributed by atoms with Gasteiger partial charge in [0, 0.05) is 12.2 Å². The Kier molecular flexibility index (Phi) is 2.65. The highest BCUT2D eigenvalue weighted by Crippen LogP contribution is 2.24. The van der Waals surface area contributed by atoms with Crippen LogP contribution in [0.25, 0.3) is 0 Å². The van der Waals surface area contributed by atoms with Gasteiger partial charge in [-0.05, 0) is 11.6 Å². The molecule has 0 unspecified atom stereocenters. The molecule has 0 radical (unpaired) electrons. The molecule has 0 aromatic rings. The minimum Gasteiger partial charge on any atom is -0.184 e. The first-order valence-corrected chi connectivity index (χ1v) is 2.42. The fourth-order valence-electron chi connectivity index (χ4n) is 0.189. The van der Waals surface area contributed by atoms with Gasteiger partial charge in [0.15, 0.2) is 0 Å². The van der Waals surface area contributed by atoms with E-state index in [-0.39, 0.29) is 0 Å². The van der Waals surface area contributed by atoms with Gasteiger partial charge in [-0.2, -0.15) is 22.0 Å². The molecule has 0 aliphatic heterocycles. The summed E-state index contributed by atoms with van der Waals surface area (Å²) in [5, 5.41) is -3.92. The van der Waals surface area contributed by atoms with Crippen LogP contribution in [0.1, 0.15) is 0 Å². The quantitative estimate of drug-likeness (QED) is 0.331. The summed E-state index contributed by atoms with van der Waals surface area (Å²) in [6.45, 7) is 0.